The molecule has 2 aromatic rings. The van der Waals surface area contributed by atoms with Crippen LogP contribution in [0.5, 0.6) is 0 Å². The van der Waals surface area contributed by atoms with Gasteiger partial charge in [0, 0.05) is 10.7 Å². The molecule has 0 fully saturated rings. The molecule has 0 unspecified atom stereocenters. The zero-order valence-corrected chi connectivity index (χ0v) is 13.8. The summed E-state index contributed by atoms with van der Waals surface area (Å²) in [6.45, 7) is 0. The van der Waals surface area contributed by atoms with E-state index in [9.17, 15) is 35.0 Å². The van der Waals surface area contributed by atoms with E-state index in [4.69, 9.17) is 0 Å². The molecule has 28 heavy (non-hydrogen) atoms. The van der Waals surface area contributed by atoms with Crippen LogP contribution in [-0.2, 0) is 0 Å². The first kappa shape index (κ1) is 34.3. The highest BCUT2D eigenvalue weighted by atomic mass is 35.7. The van der Waals surface area contributed by atoms with E-state index in [2.05, 4.69) is 10.7 Å². The summed E-state index contributed by atoms with van der Waals surface area (Å²) in [5.41, 5.74) is 0. The van der Waals surface area contributed by atoms with Crippen LogP contribution in [0.1, 0.15) is 29.7 Å². The van der Waals surface area contributed by atoms with Crippen molar-refractivity contribution in [2.24, 2.45) is 0 Å². The summed E-state index contributed by atoms with van der Waals surface area (Å²) in [5.74, 6) is 0. The van der Waals surface area contributed by atoms with Gasteiger partial charge in [-0.2, -0.15) is 0 Å². The average Bonchev–Trinajstić information content (AvgIpc) is 2.37. The summed E-state index contributed by atoms with van der Waals surface area (Å²) in [6.07, 6.45) is 0. The molecular formula is C16H26ClF9S2. The Labute approximate surface area is 165 Å². The number of rotatable bonds is 2. The molecule has 0 saturated heterocycles. The van der Waals surface area contributed by atoms with Gasteiger partial charge in [-0.3, -0.25) is 0 Å². The highest BCUT2D eigenvalue weighted by molar-refractivity contribution is 8.65. The fourth-order valence-electron chi connectivity index (χ4n) is 1.36. The Balaban J connectivity index is -0.000000180. The minimum absolute atomic E-state index is 0. The van der Waals surface area contributed by atoms with Crippen LogP contribution in [0.2, 0.25) is 0 Å². The van der Waals surface area contributed by atoms with Gasteiger partial charge >= 0.3 is 10.2 Å². The Kier molecular flexibility index (Phi) is 9.69. The maximum absolute atomic E-state index is 12.4. The van der Waals surface area contributed by atoms with Gasteiger partial charge in [0.1, 0.15) is 4.90 Å². The van der Waals surface area contributed by atoms with Crippen molar-refractivity contribution in [1.29, 1.82) is 0 Å². The van der Waals surface area contributed by atoms with Crippen molar-refractivity contribution in [1.82, 2.24) is 0 Å². The lowest BCUT2D eigenvalue weighted by molar-refractivity contribution is 0.364. The fourth-order valence-corrected chi connectivity index (χ4v) is 3.01. The number of benzene rings is 2. The maximum Gasteiger partial charge on any atom is 0.310 e. The Morgan fingerprint density at radius 2 is 0.714 bits per heavy atom. The highest BCUT2D eigenvalue weighted by Crippen LogP contribution is 3.04. The van der Waals surface area contributed by atoms with Crippen LogP contribution in [0.15, 0.2) is 70.5 Å². The molecule has 0 spiro atoms. The molecule has 0 nitrogen and oxygen atoms in total. The van der Waals surface area contributed by atoms with Gasteiger partial charge in [0.25, 0.3) is 9.05 Å². The summed E-state index contributed by atoms with van der Waals surface area (Å²) >= 11 is 0. The fraction of sp³-hybridized carbons (Fsp3) is 0.250. The lowest BCUT2D eigenvalue weighted by Gasteiger charge is -2.42. The van der Waals surface area contributed by atoms with Crippen molar-refractivity contribution in [3.05, 3.63) is 60.7 Å². The summed E-state index contributed by atoms with van der Waals surface area (Å²) in [6, 6.07) is 8.54. The molecule has 2 aromatic carbocycles. The summed E-state index contributed by atoms with van der Waals surface area (Å²) in [4.78, 5) is -3.27. The van der Waals surface area contributed by atoms with Gasteiger partial charge in [0.05, 0.1) is 4.90 Å². The number of hydrogen-bond acceptors (Lipinski definition) is 0. The van der Waals surface area contributed by atoms with Crippen LogP contribution in [0.25, 0.3) is 0 Å². The van der Waals surface area contributed by atoms with E-state index >= 15 is 0 Å². The minimum atomic E-state index is -9.43. The van der Waals surface area contributed by atoms with E-state index in [0.29, 0.717) is 24.3 Å². The molecule has 12 heteroatoms. The third kappa shape index (κ3) is 11.6. The SMILES string of the molecule is C.C.C.C.FS(F)(F)(F)(Cl)c1ccccc1.FS(F)(F)(F)(F)c1ccccc1. The predicted octanol–water partition coefficient (Wildman–Crippen LogP) is 11.5. The molecule has 0 N–H and O–H groups in total. The maximum atomic E-state index is 12.4. The monoisotopic (exact) mass is 488 g/mol. The molecule has 0 saturated carbocycles. The molecule has 172 valence electrons. The van der Waals surface area contributed by atoms with Crippen molar-refractivity contribution < 1.29 is 35.0 Å². The van der Waals surface area contributed by atoms with Gasteiger partial charge in [-0.1, -0.05) is 85.5 Å². The van der Waals surface area contributed by atoms with Crippen LogP contribution in [-0.4, -0.2) is 0 Å². The van der Waals surface area contributed by atoms with E-state index in [1.807, 2.05) is 0 Å². The van der Waals surface area contributed by atoms with Crippen LogP contribution < -0.4 is 0 Å². The van der Waals surface area contributed by atoms with Gasteiger partial charge in [0.2, 0.25) is 0 Å². The van der Waals surface area contributed by atoms with Gasteiger partial charge in [-0.25, -0.2) is 0 Å². The normalized spacial score (nSPS) is 15.5. The molecule has 0 amide bonds. The summed E-state index contributed by atoms with van der Waals surface area (Å²) in [7, 11) is -13.9. The van der Waals surface area contributed by atoms with E-state index in [1.165, 1.54) is 12.1 Å². The second kappa shape index (κ2) is 7.91. The average molecular weight is 489 g/mol. The standard InChI is InChI=1S/C6H5ClF4S.C6H5F5S.4CH4/c2*7-12(8,9,10,11)6-4-2-1-3-5-6;;;;/h2*1-5H;4*1H4. The molecule has 0 aliphatic rings. The minimum Gasteiger partial charge on any atom is -0.107 e. The molecule has 0 aliphatic heterocycles. The Hall–Kier alpha value is -1.20. The lowest BCUT2D eigenvalue weighted by atomic mass is 10.4. The van der Waals surface area contributed by atoms with Gasteiger partial charge in [-0.15, -0.1) is 15.5 Å². The smallest absolute Gasteiger partial charge is 0.107 e. The third-order valence-electron chi connectivity index (χ3n) is 2.38. The number of hydrogen-bond donors (Lipinski definition) is 0. The van der Waals surface area contributed by atoms with Crippen LogP contribution in [0, 0.1) is 0 Å². The Bertz CT molecular complexity index is 646. The largest absolute Gasteiger partial charge is 0.310 e. The van der Waals surface area contributed by atoms with Gasteiger partial charge in [-0.05, 0) is 24.3 Å². The van der Waals surface area contributed by atoms with E-state index < -0.39 is 29.1 Å². The van der Waals surface area contributed by atoms with E-state index in [0.717, 1.165) is 24.3 Å². The first-order valence-corrected chi connectivity index (χ1v) is 10.6. The first-order chi connectivity index (χ1) is 10.2. The summed E-state index contributed by atoms with van der Waals surface area (Å²) < 4.78 is 109. The number of halogens is 10. The molecular weight excluding hydrogens is 463 g/mol. The van der Waals surface area contributed by atoms with Crippen molar-refractivity contribution in [2.75, 3.05) is 0 Å². The van der Waals surface area contributed by atoms with Gasteiger partial charge < -0.3 is 0 Å². The third-order valence-corrected chi connectivity index (χ3v) is 5.24. The van der Waals surface area contributed by atoms with Gasteiger partial charge in [0.15, 0.2) is 0 Å². The zero-order chi connectivity index (χ0) is 19.0. The van der Waals surface area contributed by atoms with Crippen molar-refractivity contribution in [2.45, 2.75) is 39.5 Å². The van der Waals surface area contributed by atoms with Crippen LogP contribution in [0.3, 0.4) is 0 Å². The quantitative estimate of drug-likeness (QED) is 0.369. The molecule has 2 rings (SSSR count). The second-order valence-corrected chi connectivity index (χ2v) is 11.2. The molecule has 0 atom stereocenters. The first-order valence-electron chi connectivity index (χ1n) is 5.77. The molecule has 0 bridgehead atoms. The van der Waals surface area contributed by atoms with Crippen LogP contribution >= 0.6 is 30.0 Å². The zero-order valence-electron chi connectivity index (χ0n) is 11.4. The summed E-state index contributed by atoms with van der Waals surface area (Å²) in [5, 5.41) is 0. The Morgan fingerprint density at radius 1 is 0.464 bits per heavy atom. The molecule has 0 aromatic heterocycles. The molecule has 0 radical (unpaired) electrons. The lowest BCUT2D eigenvalue weighted by Crippen LogP contribution is -2.05. The van der Waals surface area contributed by atoms with Crippen molar-refractivity contribution in [3.8, 4) is 0 Å². The van der Waals surface area contributed by atoms with E-state index in [1.54, 1.807) is 0 Å². The topological polar surface area (TPSA) is 0 Å². The highest BCUT2D eigenvalue weighted by Gasteiger charge is 2.65. The Morgan fingerprint density at radius 3 is 0.857 bits per heavy atom. The molecule has 0 aliphatic carbocycles. The van der Waals surface area contributed by atoms with Crippen LogP contribution in [0.4, 0.5) is 35.0 Å². The van der Waals surface area contributed by atoms with E-state index in [-0.39, 0.29) is 29.7 Å². The van der Waals surface area contributed by atoms with Crippen molar-refractivity contribution >= 4 is 30.0 Å². The molecule has 0 heterocycles. The predicted molar refractivity (Wildman–Crippen MR) is 107 cm³/mol. The second-order valence-electron chi connectivity index (χ2n) is 4.56. The van der Waals surface area contributed by atoms with Crippen molar-refractivity contribution in [3.63, 3.8) is 0 Å².